The van der Waals surface area contributed by atoms with Crippen molar-refractivity contribution < 1.29 is 8.42 Å². The summed E-state index contributed by atoms with van der Waals surface area (Å²) in [6.45, 7) is 4.53. The smallest absolute Gasteiger partial charge is 0.238 e. The molecule has 0 aliphatic carbocycles. The zero-order valence-electron chi connectivity index (χ0n) is 11.2. The largest absolute Gasteiger partial charge is 0.381 e. The van der Waals surface area contributed by atoms with Crippen molar-refractivity contribution in [1.82, 2.24) is 0 Å². The van der Waals surface area contributed by atoms with Crippen molar-refractivity contribution in [3.63, 3.8) is 0 Å². The Morgan fingerprint density at radius 1 is 1.32 bits per heavy atom. The molecule has 1 saturated heterocycles. The molecule has 1 fully saturated rings. The van der Waals surface area contributed by atoms with Gasteiger partial charge < -0.3 is 5.32 Å². The van der Waals surface area contributed by atoms with Gasteiger partial charge >= 0.3 is 0 Å². The number of hydrogen-bond acceptors (Lipinski definition) is 4. The molecule has 0 aromatic heterocycles. The molecule has 4 nitrogen and oxygen atoms in total. The number of primary sulfonamides is 1. The van der Waals surface area contributed by atoms with Crippen molar-refractivity contribution in [2.75, 3.05) is 16.8 Å². The molecule has 1 aliphatic rings. The van der Waals surface area contributed by atoms with Gasteiger partial charge in [-0.1, -0.05) is 13.8 Å². The summed E-state index contributed by atoms with van der Waals surface area (Å²) in [5.74, 6) is 2.28. The molecule has 1 unspecified atom stereocenters. The lowest BCUT2D eigenvalue weighted by Crippen LogP contribution is -2.41. The summed E-state index contributed by atoms with van der Waals surface area (Å²) >= 11 is 1.95. The quantitative estimate of drug-likeness (QED) is 0.898. The minimum Gasteiger partial charge on any atom is -0.381 e. The van der Waals surface area contributed by atoms with Gasteiger partial charge in [0.05, 0.1) is 4.90 Å². The second-order valence-electron chi connectivity index (χ2n) is 5.58. The van der Waals surface area contributed by atoms with Crippen LogP contribution in [0.5, 0.6) is 0 Å². The van der Waals surface area contributed by atoms with E-state index in [2.05, 4.69) is 19.2 Å². The predicted octanol–water partition coefficient (Wildman–Crippen LogP) is 2.28. The summed E-state index contributed by atoms with van der Waals surface area (Å²) in [5, 5.41) is 8.58. The molecule has 1 atom stereocenters. The first kappa shape index (κ1) is 14.7. The van der Waals surface area contributed by atoms with Gasteiger partial charge in [0, 0.05) is 17.5 Å². The maximum absolute atomic E-state index is 11.2. The van der Waals surface area contributed by atoms with Gasteiger partial charge in [-0.15, -0.1) is 0 Å². The van der Waals surface area contributed by atoms with Gasteiger partial charge in [0.15, 0.2) is 0 Å². The Bertz CT molecular complexity index is 538. The summed E-state index contributed by atoms with van der Waals surface area (Å²) in [6.07, 6.45) is 1.19. The lowest BCUT2D eigenvalue weighted by molar-refractivity contribution is 0.305. The van der Waals surface area contributed by atoms with Gasteiger partial charge in [0.1, 0.15) is 0 Å². The third kappa shape index (κ3) is 3.64. The van der Waals surface area contributed by atoms with Crippen LogP contribution in [0.25, 0.3) is 0 Å². The Balaban J connectivity index is 2.11. The van der Waals surface area contributed by atoms with E-state index >= 15 is 0 Å². The summed E-state index contributed by atoms with van der Waals surface area (Å²) < 4.78 is 22.4. The average Bonchev–Trinajstić information content (AvgIpc) is 2.31. The Morgan fingerprint density at radius 2 is 1.95 bits per heavy atom. The molecular formula is C13H20N2O2S2. The number of thioether (sulfide) groups is 1. The molecule has 1 heterocycles. The second-order valence-corrected chi connectivity index (χ2v) is 8.29. The molecule has 3 N–H and O–H groups in total. The normalized spacial score (nSPS) is 23.0. The minimum absolute atomic E-state index is 0.148. The van der Waals surface area contributed by atoms with Crippen molar-refractivity contribution in [3.8, 4) is 0 Å². The van der Waals surface area contributed by atoms with Crippen LogP contribution in [0.4, 0.5) is 5.69 Å². The van der Waals surface area contributed by atoms with Gasteiger partial charge in [0.2, 0.25) is 10.0 Å². The fourth-order valence-corrected chi connectivity index (χ4v) is 4.24. The lowest BCUT2D eigenvalue weighted by atomic mass is 9.82. The average molecular weight is 300 g/mol. The number of anilines is 1. The molecule has 6 heteroatoms. The zero-order chi connectivity index (χ0) is 14.1. The minimum atomic E-state index is -3.61. The lowest BCUT2D eigenvalue weighted by Gasteiger charge is -2.39. The highest BCUT2D eigenvalue weighted by Crippen LogP contribution is 2.36. The molecule has 2 rings (SSSR count). The van der Waals surface area contributed by atoms with Gasteiger partial charge in [-0.25, -0.2) is 13.6 Å². The summed E-state index contributed by atoms with van der Waals surface area (Å²) in [6, 6.07) is 7.03. The monoisotopic (exact) mass is 300 g/mol. The zero-order valence-corrected chi connectivity index (χ0v) is 12.9. The van der Waals surface area contributed by atoms with Crippen LogP contribution < -0.4 is 10.5 Å². The van der Waals surface area contributed by atoms with Crippen molar-refractivity contribution in [2.45, 2.75) is 31.2 Å². The fraction of sp³-hybridized carbons (Fsp3) is 0.538. The molecule has 1 aromatic rings. The van der Waals surface area contributed by atoms with Crippen molar-refractivity contribution in [3.05, 3.63) is 24.3 Å². The Hall–Kier alpha value is -0.720. The number of sulfonamides is 1. The summed E-state index contributed by atoms with van der Waals surface area (Å²) in [4.78, 5) is 0.148. The van der Waals surface area contributed by atoms with E-state index in [9.17, 15) is 8.42 Å². The molecule has 0 amide bonds. The van der Waals surface area contributed by atoms with Crippen LogP contribution in [0.2, 0.25) is 0 Å². The van der Waals surface area contributed by atoms with Gasteiger partial charge in [-0.05, 0) is 41.9 Å². The van der Waals surface area contributed by atoms with Crippen LogP contribution in [0.15, 0.2) is 29.2 Å². The van der Waals surface area contributed by atoms with Crippen LogP contribution in [0.1, 0.15) is 20.3 Å². The van der Waals surface area contributed by atoms with E-state index in [4.69, 9.17) is 5.14 Å². The van der Waals surface area contributed by atoms with Crippen molar-refractivity contribution >= 4 is 27.5 Å². The highest BCUT2D eigenvalue weighted by molar-refractivity contribution is 7.99. The summed E-state index contributed by atoms with van der Waals surface area (Å²) in [5.41, 5.74) is 1.19. The van der Waals surface area contributed by atoms with Gasteiger partial charge in [0.25, 0.3) is 0 Å². The van der Waals surface area contributed by atoms with Crippen LogP contribution in [-0.4, -0.2) is 26.0 Å². The van der Waals surface area contributed by atoms with E-state index in [0.717, 1.165) is 11.4 Å². The van der Waals surface area contributed by atoms with E-state index in [-0.39, 0.29) is 10.3 Å². The van der Waals surface area contributed by atoms with Gasteiger partial charge in [-0.2, -0.15) is 11.8 Å². The first-order chi connectivity index (χ1) is 8.79. The number of benzene rings is 1. The molecule has 0 bridgehead atoms. The predicted molar refractivity (Wildman–Crippen MR) is 80.9 cm³/mol. The molecule has 106 valence electrons. The van der Waals surface area contributed by atoms with Crippen LogP contribution >= 0.6 is 11.8 Å². The fourth-order valence-electron chi connectivity index (χ4n) is 2.12. The highest BCUT2D eigenvalue weighted by atomic mass is 32.2. The van der Waals surface area contributed by atoms with E-state index in [1.54, 1.807) is 24.3 Å². The molecule has 0 saturated carbocycles. The standard InChI is InChI=1S/C13H20N2O2S2/c1-13(2)7-8-18-9-12(13)15-10-3-5-11(6-4-10)19(14,16)17/h3-6,12,15H,7-9H2,1-2H3,(H2,14,16,17). The van der Waals surface area contributed by atoms with E-state index < -0.39 is 10.0 Å². The topological polar surface area (TPSA) is 72.2 Å². The van der Waals surface area contributed by atoms with E-state index in [1.165, 1.54) is 12.2 Å². The molecule has 19 heavy (non-hydrogen) atoms. The van der Waals surface area contributed by atoms with Crippen LogP contribution in [-0.2, 0) is 10.0 Å². The highest BCUT2D eigenvalue weighted by Gasteiger charge is 2.32. The molecule has 1 aromatic carbocycles. The Labute approximate surface area is 119 Å². The van der Waals surface area contributed by atoms with Crippen LogP contribution in [0, 0.1) is 5.41 Å². The maximum Gasteiger partial charge on any atom is 0.238 e. The van der Waals surface area contributed by atoms with E-state index in [1.807, 2.05) is 11.8 Å². The molecule has 0 radical (unpaired) electrons. The van der Waals surface area contributed by atoms with Crippen LogP contribution in [0.3, 0.4) is 0 Å². The SMILES string of the molecule is CC1(C)CCSCC1Nc1ccc(S(N)(=O)=O)cc1. The first-order valence-corrected chi connectivity index (χ1v) is 8.96. The number of hydrogen-bond donors (Lipinski definition) is 2. The Morgan fingerprint density at radius 3 is 2.47 bits per heavy atom. The second kappa shape index (κ2) is 5.34. The van der Waals surface area contributed by atoms with Crippen molar-refractivity contribution in [1.29, 1.82) is 0 Å². The Kier molecular flexibility index (Phi) is 4.13. The third-order valence-electron chi connectivity index (χ3n) is 3.64. The number of nitrogens with one attached hydrogen (secondary N) is 1. The van der Waals surface area contributed by atoms with E-state index in [0.29, 0.717) is 6.04 Å². The third-order valence-corrected chi connectivity index (χ3v) is 5.63. The van der Waals surface area contributed by atoms with Crippen molar-refractivity contribution in [2.24, 2.45) is 10.6 Å². The number of nitrogens with two attached hydrogens (primary N) is 1. The molecule has 1 aliphatic heterocycles. The van der Waals surface area contributed by atoms with Gasteiger partial charge in [-0.3, -0.25) is 0 Å². The number of rotatable bonds is 3. The molecular weight excluding hydrogens is 280 g/mol. The first-order valence-electron chi connectivity index (χ1n) is 6.26. The molecule has 0 spiro atoms. The summed E-state index contributed by atoms with van der Waals surface area (Å²) in [7, 11) is -3.61. The maximum atomic E-state index is 11.2.